The summed E-state index contributed by atoms with van der Waals surface area (Å²) in [5.41, 5.74) is 2.19. The second-order valence-electron chi connectivity index (χ2n) is 3.35. The average Bonchev–Trinajstić information content (AvgIpc) is 2.74. The molecule has 15 heavy (non-hydrogen) atoms. The maximum Gasteiger partial charge on any atom is 0.123 e. The third-order valence-electron chi connectivity index (χ3n) is 2.23. The highest BCUT2D eigenvalue weighted by atomic mass is 79.9. The van der Waals surface area contributed by atoms with Crippen LogP contribution in [0.1, 0.15) is 16.0 Å². The van der Waals surface area contributed by atoms with E-state index in [4.69, 9.17) is 4.42 Å². The van der Waals surface area contributed by atoms with Gasteiger partial charge in [-0.15, -0.1) is 0 Å². The molecule has 1 aromatic heterocycles. The Bertz CT molecular complexity index is 408. The fourth-order valence-corrected chi connectivity index (χ4v) is 2.03. The zero-order valence-corrected chi connectivity index (χ0v) is 9.58. The number of rotatable bonds is 3. The summed E-state index contributed by atoms with van der Waals surface area (Å²) in [5, 5.41) is 0. The van der Waals surface area contributed by atoms with E-state index in [1.807, 2.05) is 6.07 Å². The van der Waals surface area contributed by atoms with E-state index < -0.39 is 0 Å². The minimum absolute atomic E-state index is 0.201. The first-order chi connectivity index (χ1) is 7.25. The molecule has 0 aliphatic heterocycles. The quantitative estimate of drug-likeness (QED) is 0.764. The van der Waals surface area contributed by atoms with Crippen molar-refractivity contribution in [1.29, 1.82) is 0 Å². The van der Waals surface area contributed by atoms with Crippen LogP contribution in [0.15, 0.2) is 47.3 Å². The van der Waals surface area contributed by atoms with Crippen LogP contribution in [-0.4, -0.2) is 0 Å². The van der Waals surface area contributed by atoms with Crippen molar-refractivity contribution in [2.75, 3.05) is 0 Å². The van der Waals surface area contributed by atoms with Gasteiger partial charge in [0.2, 0.25) is 0 Å². The Balaban J connectivity index is 2.06. The molecule has 0 saturated heterocycles. The van der Waals surface area contributed by atoms with Gasteiger partial charge >= 0.3 is 0 Å². The number of alkyl halides is 1. The molecule has 0 amide bonds. The van der Waals surface area contributed by atoms with Crippen molar-refractivity contribution >= 4 is 15.9 Å². The summed E-state index contributed by atoms with van der Waals surface area (Å²) in [6.45, 7) is 0. The van der Waals surface area contributed by atoms with Crippen LogP contribution in [0, 0.1) is 5.82 Å². The first-order valence-electron chi connectivity index (χ1n) is 4.66. The minimum Gasteiger partial charge on any atom is -0.472 e. The van der Waals surface area contributed by atoms with E-state index in [0.717, 1.165) is 17.5 Å². The molecule has 2 rings (SSSR count). The van der Waals surface area contributed by atoms with E-state index in [1.165, 1.54) is 12.1 Å². The summed E-state index contributed by atoms with van der Waals surface area (Å²) in [6.07, 6.45) is 4.18. The molecular formula is C12H10BrFO. The van der Waals surface area contributed by atoms with Crippen molar-refractivity contribution in [3.05, 3.63) is 59.8 Å². The Morgan fingerprint density at radius 1 is 1.20 bits per heavy atom. The number of halogens is 2. The second-order valence-corrected chi connectivity index (χ2v) is 4.46. The van der Waals surface area contributed by atoms with E-state index in [2.05, 4.69) is 15.9 Å². The molecule has 0 spiro atoms. The Hall–Kier alpha value is -1.09. The van der Waals surface area contributed by atoms with Crippen LogP contribution in [0.25, 0.3) is 0 Å². The summed E-state index contributed by atoms with van der Waals surface area (Å²) in [6, 6.07) is 8.46. The maximum absolute atomic E-state index is 12.7. The van der Waals surface area contributed by atoms with Gasteiger partial charge in [-0.2, -0.15) is 0 Å². The minimum atomic E-state index is -0.201. The van der Waals surface area contributed by atoms with Gasteiger partial charge in [-0.1, -0.05) is 28.1 Å². The Labute approximate surface area is 96.0 Å². The van der Waals surface area contributed by atoms with E-state index >= 15 is 0 Å². The van der Waals surface area contributed by atoms with E-state index in [1.54, 1.807) is 24.7 Å². The molecule has 1 heterocycles. The van der Waals surface area contributed by atoms with Crippen molar-refractivity contribution < 1.29 is 8.81 Å². The molecule has 2 aromatic rings. The molecule has 78 valence electrons. The van der Waals surface area contributed by atoms with Crippen LogP contribution in [0.2, 0.25) is 0 Å². The van der Waals surface area contributed by atoms with Crippen LogP contribution in [-0.2, 0) is 6.42 Å². The van der Waals surface area contributed by atoms with Gasteiger partial charge in [0, 0.05) is 10.4 Å². The van der Waals surface area contributed by atoms with Gasteiger partial charge in [-0.25, -0.2) is 4.39 Å². The Morgan fingerprint density at radius 3 is 2.53 bits per heavy atom. The van der Waals surface area contributed by atoms with Gasteiger partial charge in [-0.05, 0) is 30.2 Å². The predicted molar refractivity (Wildman–Crippen MR) is 60.5 cm³/mol. The predicted octanol–water partition coefficient (Wildman–Crippen LogP) is 4.10. The topological polar surface area (TPSA) is 13.1 Å². The lowest BCUT2D eigenvalue weighted by Crippen LogP contribution is -1.93. The molecule has 0 radical (unpaired) electrons. The normalized spacial score (nSPS) is 12.7. The van der Waals surface area contributed by atoms with Crippen molar-refractivity contribution in [3.8, 4) is 0 Å². The number of hydrogen-bond donors (Lipinski definition) is 0. The number of benzene rings is 1. The Morgan fingerprint density at radius 2 is 1.93 bits per heavy atom. The molecule has 0 saturated carbocycles. The smallest absolute Gasteiger partial charge is 0.123 e. The van der Waals surface area contributed by atoms with Crippen molar-refractivity contribution in [1.82, 2.24) is 0 Å². The largest absolute Gasteiger partial charge is 0.472 e. The fourth-order valence-electron chi connectivity index (χ4n) is 1.40. The molecule has 3 heteroatoms. The molecule has 1 unspecified atom stereocenters. The monoisotopic (exact) mass is 268 g/mol. The zero-order chi connectivity index (χ0) is 10.7. The first-order valence-corrected chi connectivity index (χ1v) is 5.58. The van der Waals surface area contributed by atoms with Gasteiger partial charge in [0.05, 0.1) is 12.5 Å². The van der Waals surface area contributed by atoms with E-state index in [-0.39, 0.29) is 10.6 Å². The van der Waals surface area contributed by atoms with Gasteiger partial charge in [0.1, 0.15) is 5.82 Å². The number of furan rings is 1. The molecule has 0 fully saturated rings. The van der Waals surface area contributed by atoms with Crippen molar-refractivity contribution in [2.24, 2.45) is 0 Å². The van der Waals surface area contributed by atoms with Crippen LogP contribution in [0.3, 0.4) is 0 Å². The Kier molecular flexibility index (Phi) is 3.21. The third-order valence-corrected chi connectivity index (χ3v) is 3.09. The van der Waals surface area contributed by atoms with Gasteiger partial charge in [0.15, 0.2) is 0 Å². The third kappa shape index (κ3) is 2.69. The molecule has 0 N–H and O–H groups in total. The standard InChI is InChI=1S/C12H10BrFO/c13-12(10-5-6-15-8-10)7-9-1-3-11(14)4-2-9/h1-6,8,12H,7H2. The first kappa shape index (κ1) is 10.4. The van der Waals surface area contributed by atoms with Gasteiger partial charge in [-0.3, -0.25) is 0 Å². The maximum atomic E-state index is 12.7. The van der Waals surface area contributed by atoms with Crippen LogP contribution >= 0.6 is 15.9 Å². The summed E-state index contributed by atoms with van der Waals surface area (Å²) in [5.74, 6) is -0.201. The summed E-state index contributed by atoms with van der Waals surface area (Å²) < 4.78 is 17.7. The molecule has 1 aromatic carbocycles. The summed E-state index contributed by atoms with van der Waals surface area (Å²) in [4.78, 5) is 0.210. The van der Waals surface area contributed by atoms with Gasteiger partial charge < -0.3 is 4.42 Å². The zero-order valence-electron chi connectivity index (χ0n) is 7.99. The summed E-state index contributed by atoms with van der Waals surface area (Å²) in [7, 11) is 0. The lowest BCUT2D eigenvalue weighted by molar-refractivity contribution is 0.563. The fraction of sp³-hybridized carbons (Fsp3) is 0.167. The molecular weight excluding hydrogens is 259 g/mol. The van der Waals surface area contributed by atoms with E-state index in [0.29, 0.717) is 0 Å². The average molecular weight is 269 g/mol. The molecule has 1 nitrogen and oxygen atoms in total. The number of hydrogen-bond acceptors (Lipinski definition) is 1. The van der Waals surface area contributed by atoms with Crippen LogP contribution < -0.4 is 0 Å². The van der Waals surface area contributed by atoms with Gasteiger partial charge in [0.25, 0.3) is 0 Å². The SMILES string of the molecule is Fc1ccc(CC(Br)c2ccoc2)cc1. The van der Waals surface area contributed by atoms with Crippen molar-refractivity contribution in [2.45, 2.75) is 11.2 Å². The van der Waals surface area contributed by atoms with Crippen LogP contribution in [0.4, 0.5) is 4.39 Å². The van der Waals surface area contributed by atoms with E-state index in [9.17, 15) is 4.39 Å². The van der Waals surface area contributed by atoms with Crippen molar-refractivity contribution in [3.63, 3.8) is 0 Å². The highest BCUT2D eigenvalue weighted by Crippen LogP contribution is 2.27. The second kappa shape index (κ2) is 4.62. The lowest BCUT2D eigenvalue weighted by atomic mass is 10.1. The highest BCUT2D eigenvalue weighted by Gasteiger charge is 2.09. The molecule has 0 aliphatic rings. The van der Waals surface area contributed by atoms with Crippen LogP contribution in [0.5, 0.6) is 0 Å². The molecule has 0 bridgehead atoms. The molecule has 0 aliphatic carbocycles. The summed E-state index contributed by atoms with van der Waals surface area (Å²) >= 11 is 3.57. The highest BCUT2D eigenvalue weighted by molar-refractivity contribution is 9.09. The lowest BCUT2D eigenvalue weighted by Gasteiger charge is -2.06. The molecule has 1 atom stereocenters.